The minimum Gasteiger partial charge on any atom is -0.489 e. The average molecular weight is 502 g/mol. The van der Waals surface area contributed by atoms with E-state index in [0.29, 0.717) is 48.7 Å². The number of thiazole rings is 1. The molecule has 1 aliphatic carbocycles. The highest BCUT2D eigenvalue weighted by Crippen LogP contribution is 2.50. The summed E-state index contributed by atoms with van der Waals surface area (Å²) in [5, 5.41) is 3.76. The van der Waals surface area contributed by atoms with Crippen LogP contribution >= 0.6 is 11.3 Å². The smallest absolute Gasteiger partial charge is 0.412 e. The third kappa shape index (κ3) is 4.26. The number of hydrogen-bond acceptors (Lipinski definition) is 6. The van der Waals surface area contributed by atoms with E-state index in [4.69, 9.17) is 9.47 Å². The summed E-state index contributed by atoms with van der Waals surface area (Å²) in [6.45, 7) is 5.52. The van der Waals surface area contributed by atoms with Crippen LogP contribution in [0.2, 0.25) is 0 Å². The Morgan fingerprint density at radius 3 is 2.94 bits per heavy atom. The highest BCUT2D eigenvalue weighted by Gasteiger charge is 2.54. The number of rotatable bonds is 5. The van der Waals surface area contributed by atoms with Crippen LogP contribution in [0.25, 0.3) is 16.5 Å². The first-order valence-corrected chi connectivity index (χ1v) is 13.0. The normalized spacial score (nSPS) is 21.4. The maximum atomic E-state index is 13.7. The Labute approximate surface area is 213 Å². The van der Waals surface area contributed by atoms with Gasteiger partial charge < -0.3 is 19.7 Å². The lowest BCUT2D eigenvalue weighted by Crippen LogP contribution is -2.46. The second kappa shape index (κ2) is 9.09. The molecule has 0 spiro atoms. The van der Waals surface area contributed by atoms with Gasteiger partial charge in [-0.05, 0) is 62.0 Å². The summed E-state index contributed by atoms with van der Waals surface area (Å²) >= 11 is 1.54. The fraction of sp³-hybridized carbons (Fsp3) is 0.321. The van der Waals surface area contributed by atoms with Gasteiger partial charge in [0, 0.05) is 13.1 Å². The van der Waals surface area contributed by atoms with Gasteiger partial charge >= 0.3 is 6.09 Å². The molecular weight excluding hydrogens is 474 g/mol. The molecule has 3 aliphatic rings. The fourth-order valence-corrected chi connectivity index (χ4v) is 6.19. The van der Waals surface area contributed by atoms with Gasteiger partial charge in [-0.1, -0.05) is 35.9 Å². The highest BCUT2D eigenvalue weighted by molar-refractivity contribution is 7.15. The lowest BCUT2D eigenvalue weighted by Gasteiger charge is -2.27. The molecule has 184 valence electrons. The Kier molecular flexibility index (Phi) is 5.76. The van der Waals surface area contributed by atoms with E-state index in [-0.39, 0.29) is 11.9 Å². The van der Waals surface area contributed by atoms with Crippen LogP contribution in [-0.2, 0) is 0 Å². The minimum absolute atomic E-state index is 0.0670. The van der Waals surface area contributed by atoms with Crippen LogP contribution in [0.5, 0.6) is 11.5 Å². The Hall–Kier alpha value is -3.65. The number of amides is 2. The van der Waals surface area contributed by atoms with E-state index in [2.05, 4.69) is 16.4 Å². The molecule has 1 saturated carbocycles. The number of benzene rings is 2. The number of ether oxygens (including phenoxy) is 2. The quantitative estimate of drug-likeness (QED) is 0.527. The minimum atomic E-state index is -0.538. The van der Waals surface area contributed by atoms with Crippen molar-refractivity contribution >= 4 is 29.4 Å². The number of aryl methyl sites for hydroxylation is 2. The maximum absolute atomic E-state index is 13.7. The lowest BCUT2D eigenvalue weighted by molar-refractivity contribution is 0.0700. The standard InChI is InChI=1S/C28H27N3O4S/c1-16-6-3-7-18(12-16)26-25(30-17(2)36-26)27(32)31-15-19-13-21(19)22(31)14-29-28(33)35-24-10-4-9-23-20(24)8-5-11-34-23/h3-10,12,19,21-22H,11,13-15H2,1-2H3,(H,29,33)/t19-,21-,22+/m0/s1. The van der Waals surface area contributed by atoms with Gasteiger partial charge in [0.2, 0.25) is 0 Å². The molecule has 3 atom stereocenters. The third-order valence-corrected chi connectivity index (χ3v) is 8.10. The van der Waals surface area contributed by atoms with Crippen molar-refractivity contribution in [3.63, 3.8) is 0 Å². The van der Waals surface area contributed by atoms with Gasteiger partial charge in [-0.25, -0.2) is 9.78 Å². The van der Waals surface area contributed by atoms with Crippen molar-refractivity contribution in [3.05, 3.63) is 70.4 Å². The Morgan fingerprint density at radius 2 is 2.08 bits per heavy atom. The molecule has 7 nitrogen and oxygen atoms in total. The number of fused-ring (bicyclic) bond motifs is 2. The molecule has 0 unspecified atom stereocenters. The summed E-state index contributed by atoms with van der Waals surface area (Å²) < 4.78 is 11.2. The van der Waals surface area contributed by atoms with E-state index in [9.17, 15) is 9.59 Å². The summed E-state index contributed by atoms with van der Waals surface area (Å²) in [5.74, 6) is 1.96. The zero-order valence-corrected chi connectivity index (χ0v) is 21.0. The van der Waals surface area contributed by atoms with E-state index < -0.39 is 6.09 Å². The average Bonchev–Trinajstić information content (AvgIpc) is 3.39. The zero-order chi connectivity index (χ0) is 24.8. The van der Waals surface area contributed by atoms with Gasteiger partial charge in [0.25, 0.3) is 5.91 Å². The maximum Gasteiger partial charge on any atom is 0.412 e. The highest BCUT2D eigenvalue weighted by atomic mass is 32.1. The van der Waals surface area contributed by atoms with Gasteiger partial charge in [-0.15, -0.1) is 11.3 Å². The molecule has 36 heavy (non-hydrogen) atoms. The molecule has 1 aromatic heterocycles. The van der Waals surface area contributed by atoms with Crippen LogP contribution in [0.3, 0.4) is 0 Å². The number of carbonyl (C=O) groups excluding carboxylic acids is 2. The molecule has 6 rings (SSSR count). The van der Waals surface area contributed by atoms with Crippen molar-refractivity contribution in [1.82, 2.24) is 15.2 Å². The van der Waals surface area contributed by atoms with Crippen molar-refractivity contribution < 1.29 is 19.1 Å². The monoisotopic (exact) mass is 501 g/mol. The van der Waals surface area contributed by atoms with Crippen LogP contribution in [0.15, 0.2) is 48.5 Å². The topological polar surface area (TPSA) is 80.8 Å². The van der Waals surface area contributed by atoms with E-state index in [1.807, 2.05) is 55.2 Å². The Balaban J connectivity index is 1.17. The third-order valence-electron chi connectivity index (χ3n) is 7.08. The van der Waals surface area contributed by atoms with Crippen molar-refractivity contribution in [3.8, 4) is 21.9 Å². The molecule has 2 aromatic carbocycles. The molecule has 2 fully saturated rings. The largest absolute Gasteiger partial charge is 0.489 e. The number of hydrogen-bond donors (Lipinski definition) is 1. The molecule has 2 aliphatic heterocycles. The first-order chi connectivity index (χ1) is 17.5. The predicted octanol–water partition coefficient (Wildman–Crippen LogP) is 5.08. The van der Waals surface area contributed by atoms with Gasteiger partial charge in [-0.3, -0.25) is 4.79 Å². The molecule has 2 amide bonds. The number of nitrogens with one attached hydrogen (secondary N) is 1. The van der Waals surface area contributed by atoms with E-state index in [1.165, 1.54) is 0 Å². The van der Waals surface area contributed by atoms with Crippen LogP contribution in [0, 0.1) is 25.7 Å². The summed E-state index contributed by atoms with van der Waals surface area (Å²) in [5.41, 5.74) is 3.40. The van der Waals surface area contributed by atoms with Crippen LogP contribution in [0.1, 0.15) is 33.0 Å². The Bertz CT molecular complexity index is 1380. The van der Waals surface area contributed by atoms with E-state index in [1.54, 1.807) is 23.5 Å². The van der Waals surface area contributed by atoms with Crippen molar-refractivity contribution in [1.29, 1.82) is 0 Å². The zero-order valence-electron chi connectivity index (χ0n) is 20.2. The molecule has 1 saturated heterocycles. The molecule has 0 radical (unpaired) electrons. The van der Waals surface area contributed by atoms with Crippen molar-refractivity contribution in [2.24, 2.45) is 11.8 Å². The summed E-state index contributed by atoms with van der Waals surface area (Å²) in [4.78, 5) is 33.8. The summed E-state index contributed by atoms with van der Waals surface area (Å²) in [6.07, 6.45) is 4.33. The first kappa shape index (κ1) is 22.8. The molecular formula is C28H27N3O4S. The number of nitrogens with zero attached hydrogens (tertiary/aromatic N) is 2. The SMILES string of the molecule is Cc1cccc(-c2sc(C)nc2C(=O)N2C[C@@H]3C[C@@H]3[C@H]2CNC(=O)Oc2cccc3c2C=CCO3)c1. The lowest BCUT2D eigenvalue weighted by atomic mass is 10.1. The number of likely N-dealkylation sites (tertiary alicyclic amines) is 1. The molecule has 3 aromatic rings. The van der Waals surface area contributed by atoms with Crippen LogP contribution < -0.4 is 14.8 Å². The first-order valence-electron chi connectivity index (χ1n) is 12.2. The fourth-order valence-electron chi connectivity index (χ4n) is 5.29. The molecule has 8 heteroatoms. The molecule has 0 bridgehead atoms. The van der Waals surface area contributed by atoms with Gasteiger partial charge in [0.05, 0.1) is 21.5 Å². The predicted molar refractivity (Wildman–Crippen MR) is 138 cm³/mol. The van der Waals surface area contributed by atoms with Gasteiger partial charge in [0.15, 0.2) is 0 Å². The Morgan fingerprint density at radius 1 is 1.22 bits per heavy atom. The van der Waals surface area contributed by atoms with E-state index >= 15 is 0 Å². The van der Waals surface area contributed by atoms with Crippen molar-refractivity contribution in [2.75, 3.05) is 19.7 Å². The van der Waals surface area contributed by atoms with Gasteiger partial charge in [0.1, 0.15) is 23.8 Å². The second-order valence-electron chi connectivity index (χ2n) is 9.62. The van der Waals surface area contributed by atoms with Crippen LogP contribution in [0.4, 0.5) is 4.79 Å². The number of piperidine rings is 1. The number of aromatic nitrogens is 1. The van der Waals surface area contributed by atoms with E-state index in [0.717, 1.165) is 33.0 Å². The van der Waals surface area contributed by atoms with Crippen LogP contribution in [-0.4, -0.2) is 47.6 Å². The van der Waals surface area contributed by atoms with Gasteiger partial charge in [-0.2, -0.15) is 0 Å². The summed E-state index contributed by atoms with van der Waals surface area (Å²) in [6, 6.07) is 13.5. The molecule has 1 N–H and O–H groups in total. The molecule has 3 heterocycles. The van der Waals surface area contributed by atoms with Crippen molar-refractivity contribution in [2.45, 2.75) is 26.3 Å². The summed E-state index contributed by atoms with van der Waals surface area (Å²) in [7, 11) is 0. The number of carbonyl (C=O) groups is 2. The second-order valence-corrected chi connectivity index (χ2v) is 10.8.